The molecular formula is C23H22N2O3S. The number of benzene rings is 3. The molecule has 1 amide bonds. The molecule has 3 aromatic rings. The van der Waals surface area contributed by atoms with E-state index in [2.05, 4.69) is 0 Å². The van der Waals surface area contributed by atoms with Crippen molar-refractivity contribution in [1.29, 1.82) is 0 Å². The van der Waals surface area contributed by atoms with E-state index in [-0.39, 0.29) is 16.8 Å². The monoisotopic (exact) mass is 406 g/mol. The van der Waals surface area contributed by atoms with Crippen molar-refractivity contribution >= 4 is 27.3 Å². The van der Waals surface area contributed by atoms with Crippen LogP contribution in [0.15, 0.2) is 83.8 Å². The third-order valence-electron chi connectivity index (χ3n) is 5.28. The molecule has 1 atom stereocenters. The van der Waals surface area contributed by atoms with Crippen LogP contribution in [0, 0.1) is 0 Å². The van der Waals surface area contributed by atoms with Gasteiger partial charge in [0.15, 0.2) is 0 Å². The van der Waals surface area contributed by atoms with Crippen LogP contribution in [0.1, 0.15) is 22.8 Å². The van der Waals surface area contributed by atoms with Gasteiger partial charge < -0.3 is 4.90 Å². The molecule has 0 saturated heterocycles. The molecule has 0 N–H and O–H groups in total. The Balaban J connectivity index is 1.68. The highest BCUT2D eigenvalue weighted by Gasteiger charge is 2.33. The number of nitrogens with zero attached hydrogens (tertiary/aromatic N) is 2. The Bertz CT molecular complexity index is 1150. The van der Waals surface area contributed by atoms with E-state index >= 15 is 0 Å². The first-order valence-electron chi connectivity index (χ1n) is 9.45. The van der Waals surface area contributed by atoms with Crippen molar-refractivity contribution in [3.05, 3.63) is 90.0 Å². The molecule has 0 radical (unpaired) electrons. The molecule has 29 heavy (non-hydrogen) atoms. The van der Waals surface area contributed by atoms with Crippen molar-refractivity contribution in [2.24, 2.45) is 0 Å². The minimum Gasteiger partial charge on any atom is -0.305 e. The van der Waals surface area contributed by atoms with Crippen LogP contribution < -0.4 is 9.21 Å². The Morgan fingerprint density at radius 1 is 0.966 bits per heavy atom. The first-order chi connectivity index (χ1) is 13.9. The lowest BCUT2D eigenvalue weighted by Gasteiger charge is -2.23. The third-order valence-corrected chi connectivity index (χ3v) is 7.07. The summed E-state index contributed by atoms with van der Waals surface area (Å²) in [5, 5.41) is 0. The van der Waals surface area contributed by atoms with Gasteiger partial charge in [0, 0.05) is 24.3 Å². The number of hydrogen-bond acceptors (Lipinski definition) is 3. The van der Waals surface area contributed by atoms with Crippen LogP contribution in [0.3, 0.4) is 0 Å². The minimum absolute atomic E-state index is 0.0393. The van der Waals surface area contributed by atoms with Crippen molar-refractivity contribution < 1.29 is 13.2 Å². The fourth-order valence-electron chi connectivity index (χ4n) is 3.73. The van der Waals surface area contributed by atoms with Crippen molar-refractivity contribution in [1.82, 2.24) is 0 Å². The van der Waals surface area contributed by atoms with Gasteiger partial charge in [-0.05, 0) is 61.4 Å². The van der Waals surface area contributed by atoms with Crippen LogP contribution in [0.5, 0.6) is 0 Å². The summed E-state index contributed by atoms with van der Waals surface area (Å²) < 4.78 is 27.5. The fraction of sp³-hybridized carbons (Fsp3) is 0.174. The molecule has 5 nitrogen and oxygen atoms in total. The summed E-state index contributed by atoms with van der Waals surface area (Å²) in [6.45, 7) is 1.98. The molecule has 1 aliphatic heterocycles. The smallest absolute Gasteiger partial charge is 0.264 e. The Hall–Kier alpha value is -3.12. The molecule has 0 fully saturated rings. The predicted octanol–water partition coefficient (Wildman–Crippen LogP) is 4.10. The second kappa shape index (κ2) is 7.37. The number of anilines is 2. The molecule has 3 aromatic carbocycles. The van der Waals surface area contributed by atoms with Crippen LogP contribution >= 0.6 is 0 Å². The number of para-hydroxylation sites is 1. The highest BCUT2D eigenvalue weighted by molar-refractivity contribution is 7.92. The summed E-state index contributed by atoms with van der Waals surface area (Å²) in [6, 6.07) is 23.1. The third kappa shape index (κ3) is 3.40. The lowest BCUT2D eigenvalue weighted by atomic mass is 10.1. The van der Waals surface area contributed by atoms with Crippen molar-refractivity contribution in [3.63, 3.8) is 0 Å². The molecule has 0 spiro atoms. The van der Waals surface area contributed by atoms with Gasteiger partial charge in [-0.15, -0.1) is 0 Å². The summed E-state index contributed by atoms with van der Waals surface area (Å²) >= 11 is 0. The molecular weight excluding hydrogens is 384 g/mol. The van der Waals surface area contributed by atoms with Gasteiger partial charge in [-0.3, -0.25) is 9.10 Å². The zero-order valence-electron chi connectivity index (χ0n) is 16.3. The Labute approximate surface area is 171 Å². The maximum Gasteiger partial charge on any atom is 0.264 e. The second-order valence-corrected chi connectivity index (χ2v) is 9.16. The Kier molecular flexibility index (Phi) is 4.88. The SMILES string of the molecule is C[C@@H]1Cc2cc(S(=O)(=O)N(C)c3ccccc3)ccc2N1C(=O)c1ccccc1. The fourth-order valence-corrected chi connectivity index (χ4v) is 4.98. The van der Waals surface area contributed by atoms with E-state index in [1.54, 1.807) is 66.5 Å². The maximum atomic E-state index is 13.1. The van der Waals surface area contributed by atoms with Gasteiger partial charge in [-0.1, -0.05) is 36.4 Å². The normalized spacial score (nSPS) is 15.8. The van der Waals surface area contributed by atoms with Crippen LogP contribution in [-0.2, 0) is 16.4 Å². The van der Waals surface area contributed by atoms with E-state index < -0.39 is 10.0 Å². The number of hydrogen-bond donors (Lipinski definition) is 0. The van der Waals surface area contributed by atoms with Gasteiger partial charge in [-0.2, -0.15) is 0 Å². The van der Waals surface area contributed by atoms with Gasteiger partial charge in [0.1, 0.15) is 0 Å². The van der Waals surface area contributed by atoms with Gasteiger partial charge in [0.05, 0.1) is 10.6 Å². The van der Waals surface area contributed by atoms with E-state index in [9.17, 15) is 13.2 Å². The number of rotatable bonds is 4. The lowest BCUT2D eigenvalue weighted by Crippen LogP contribution is -2.35. The average Bonchev–Trinajstić information content (AvgIpc) is 3.08. The first-order valence-corrected chi connectivity index (χ1v) is 10.9. The van der Waals surface area contributed by atoms with Crippen molar-refractivity contribution in [2.75, 3.05) is 16.3 Å². The van der Waals surface area contributed by atoms with Crippen molar-refractivity contribution in [3.8, 4) is 0 Å². The summed E-state index contributed by atoms with van der Waals surface area (Å²) in [7, 11) is -2.14. The molecule has 0 aromatic heterocycles. The van der Waals surface area contributed by atoms with E-state index in [4.69, 9.17) is 0 Å². The topological polar surface area (TPSA) is 57.7 Å². The van der Waals surface area contributed by atoms with E-state index in [0.29, 0.717) is 17.7 Å². The molecule has 0 bridgehead atoms. The number of fused-ring (bicyclic) bond motifs is 1. The van der Waals surface area contributed by atoms with Gasteiger partial charge in [0.2, 0.25) is 0 Å². The van der Waals surface area contributed by atoms with Crippen LogP contribution in [-0.4, -0.2) is 27.4 Å². The quantitative estimate of drug-likeness (QED) is 0.655. The summed E-state index contributed by atoms with van der Waals surface area (Å²) in [6.07, 6.45) is 0.617. The Morgan fingerprint density at radius 2 is 1.59 bits per heavy atom. The summed E-state index contributed by atoms with van der Waals surface area (Å²) in [5.41, 5.74) is 2.85. The minimum atomic E-state index is -3.69. The number of amides is 1. The highest BCUT2D eigenvalue weighted by atomic mass is 32.2. The van der Waals surface area contributed by atoms with Crippen molar-refractivity contribution in [2.45, 2.75) is 24.3 Å². The van der Waals surface area contributed by atoms with Crippen LogP contribution in [0.4, 0.5) is 11.4 Å². The first kappa shape index (κ1) is 19.2. The Morgan fingerprint density at radius 3 is 2.24 bits per heavy atom. The summed E-state index contributed by atoms with van der Waals surface area (Å²) in [5.74, 6) is -0.0751. The summed E-state index contributed by atoms with van der Waals surface area (Å²) in [4.78, 5) is 15.0. The molecule has 1 heterocycles. The van der Waals surface area contributed by atoms with Gasteiger partial charge >= 0.3 is 0 Å². The van der Waals surface area contributed by atoms with Gasteiger partial charge in [-0.25, -0.2) is 8.42 Å². The zero-order valence-corrected chi connectivity index (χ0v) is 17.1. The highest BCUT2D eigenvalue weighted by Crippen LogP contribution is 2.35. The van der Waals surface area contributed by atoms with E-state index in [1.165, 1.54) is 4.31 Å². The van der Waals surface area contributed by atoms with Crippen LogP contribution in [0.2, 0.25) is 0 Å². The standard InChI is InChI=1S/C23H22N2O3S/c1-17-15-19-16-21(29(27,28)24(2)20-11-7-4-8-12-20)13-14-22(19)25(17)23(26)18-9-5-3-6-10-18/h3-14,16-17H,15H2,1-2H3/t17-/m1/s1. The molecule has 0 saturated carbocycles. The van der Waals surface area contributed by atoms with E-state index in [0.717, 1.165) is 11.3 Å². The zero-order chi connectivity index (χ0) is 20.6. The molecule has 0 aliphatic carbocycles. The van der Waals surface area contributed by atoms with Crippen LogP contribution in [0.25, 0.3) is 0 Å². The molecule has 0 unspecified atom stereocenters. The number of carbonyl (C=O) groups excluding carboxylic acids is 1. The number of sulfonamides is 1. The van der Waals surface area contributed by atoms with E-state index in [1.807, 2.05) is 31.2 Å². The molecule has 1 aliphatic rings. The largest absolute Gasteiger partial charge is 0.305 e. The lowest BCUT2D eigenvalue weighted by molar-refractivity contribution is 0.0981. The molecule has 148 valence electrons. The predicted molar refractivity (Wildman–Crippen MR) is 115 cm³/mol. The molecule has 6 heteroatoms. The maximum absolute atomic E-state index is 13.1. The number of carbonyl (C=O) groups is 1. The van der Waals surface area contributed by atoms with Gasteiger partial charge in [0.25, 0.3) is 15.9 Å². The second-order valence-electron chi connectivity index (χ2n) is 7.19. The average molecular weight is 407 g/mol. The molecule has 4 rings (SSSR count).